The first-order chi connectivity index (χ1) is 7.90. The molecule has 1 unspecified atom stereocenters. The van der Waals surface area contributed by atoms with Crippen LogP contribution in [0.3, 0.4) is 0 Å². The average molecular weight is 242 g/mol. The van der Waals surface area contributed by atoms with E-state index in [-0.39, 0.29) is 24.1 Å². The number of piperidine rings is 1. The van der Waals surface area contributed by atoms with Crippen molar-refractivity contribution in [2.45, 2.75) is 51.6 Å². The first kappa shape index (κ1) is 14.5. The Morgan fingerprint density at radius 3 is 2.35 bits per heavy atom. The molecule has 0 aliphatic carbocycles. The highest BCUT2D eigenvalue weighted by molar-refractivity contribution is 5.81. The molecule has 0 spiro atoms. The molecule has 1 fully saturated rings. The lowest BCUT2D eigenvalue weighted by Gasteiger charge is -2.40. The molecule has 0 saturated carbocycles. The quantitative estimate of drug-likeness (QED) is 0.802. The average Bonchev–Trinajstić information content (AvgIpc) is 2.37. The smallest absolute Gasteiger partial charge is 0.239 e. The van der Waals surface area contributed by atoms with Crippen LogP contribution in [0.25, 0.3) is 0 Å². The minimum atomic E-state index is -0.356. The van der Waals surface area contributed by atoms with Crippen LogP contribution in [-0.4, -0.2) is 59.1 Å². The highest BCUT2D eigenvalue weighted by Crippen LogP contribution is 2.18. The van der Waals surface area contributed by atoms with E-state index in [0.29, 0.717) is 0 Å². The van der Waals surface area contributed by atoms with Crippen molar-refractivity contribution < 1.29 is 9.90 Å². The van der Waals surface area contributed by atoms with Crippen molar-refractivity contribution in [1.29, 1.82) is 0 Å². The number of hydrogen-bond donors (Lipinski definition) is 1. The van der Waals surface area contributed by atoms with Crippen LogP contribution in [0.5, 0.6) is 0 Å². The molecule has 1 N–H and O–H groups in total. The highest BCUT2D eigenvalue weighted by Gasteiger charge is 2.32. The molecular formula is C13H26N2O2. The van der Waals surface area contributed by atoms with Crippen molar-refractivity contribution in [2.75, 3.05) is 26.7 Å². The van der Waals surface area contributed by atoms with Crippen LogP contribution in [0, 0.1) is 0 Å². The lowest BCUT2D eigenvalue weighted by Crippen LogP contribution is -2.55. The normalized spacial score (nSPS) is 19.5. The molecule has 0 aromatic rings. The van der Waals surface area contributed by atoms with E-state index in [1.165, 1.54) is 6.42 Å². The Morgan fingerprint density at radius 2 is 1.88 bits per heavy atom. The molecule has 1 atom stereocenters. The van der Waals surface area contributed by atoms with Crippen molar-refractivity contribution in [3.05, 3.63) is 0 Å². The lowest BCUT2D eigenvalue weighted by molar-refractivity contribution is -0.139. The number of carbonyl (C=O) groups excluding carboxylic acids is 1. The van der Waals surface area contributed by atoms with Crippen LogP contribution in [-0.2, 0) is 4.79 Å². The fourth-order valence-corrected chi connectivity index (χ4v) is 2.18. The second-order valence-electron chi connectivity index (χ2n) is 5.64. The van der Waals surface area contributed by atoms with Crippen LogP contribution in [0.1, 0.15) is 40.0 Å². The minimum Gasteiger partial charge on any atom is -0.394 e. The van der Waals surface area contributed by atoms with E-state index in [2.05, 4.69) is 0 Å². The molecule has 1 saturated heterocycles. The van der Waals surface area contributed by atoms with Crippen LogP contribution >= 0.6 is 0 Å². The molecule has 4 heteroatoms. The zero-order chi connectivity index (χ0) is 13.1. The van der Waals surface area contributed by atoms with Gasteiger partial charge in [-0.2, -0.15) is 0 Å². The SMILES string of the molecule is CC(C(=O)N1CCCCC1)N(C)C(C)(C)CO. The number of likely N-dealkylation sites (N-methyl/N-ethyl adjacent to an activating group) is 1. The van der Waals surface area contributed by atoms with Gasteiger partial charge in [0.05, 0.1) is 12.6 Å². The molecule has 0 aromatic carbocycles. The van der Waals surface area contributed by atoms with E-state index >= 15 is 0 Å². The van der Waals surface area contributed by atoms with E-state index in [1.54, 1.807) is 0 Å². The van der Waals surface area contributed by atoms with Crippen molar-refractivity contribution >= 4 is 5.91 Å². The summed E-state index contributed by atoms with van der Waals surface area (Å²) in [6.45, 7) is 7.66. The summed E-state index contributed by atoms with van der Waals surface area (Å²) >= 11 is 0. The third-order valence-corrected chi connectivity index (χ3v) is 3.95. The predicted molar refractivity (Wildman–Crippen MR) is 68.8 cm³/mol. The van der Waals surface area contributed by atoms with E-state index in [9.17, 15) is 9.90 Å². The maximum atomic E-state index is 12.3. The van der Waals surface area contributed by atoms with Crippen LogP contribution < -0.4 is 0 Å². The van der Waals surface area contributed by atoms with Crippen molar-refractivity contribution in [1.82, 2.24) is 9.80 Å². The van der Waals surface area contributed by atoms with Crippen molar-refractivity contribution in [3.63, 3.8) is 0 Å². The number of nitrogens with zero attached hydrogens (tertiary/aromatic N) is 2. The lowest BCUT2D eigenvalue weighted by atomic mass is 10.0. The summed E-state index contributed by atoms with van der Waals surface area (Å²) in [6.07, 6.45) is 3.47. The molecule has 1 heterocycles. The Balaban J connectivity index is 2.62. The van der Waals surface area contributed by atoms with Gasteiger partial charge in [-0.25, -0.2) is 0 Å². The van der Waals surface area contributed by atoms with E-state index < -0.39 is 0 Å². The van der Waals surface area contributed by atoms with Gasteiger partial charge in [-0.15, -0.1) is 0 Å². The summed E-state index contributed by atoms with van der Waals surface area (Å²) in [7, 11) is 1.91. The van der Waals surface area contributed by atoms with Crippen LogP contribution in [0.4, 0.5) is 0 Å². The van der Waals surface area contributed by atoms with Gasteiger partial charge in [0, 0.05) is 18.6 Å². The van der Waals surface area contributed by atoms with E-state index in [1.807, 2.05) is 37.6 Å². The Bertz CT molecular complexity index is 260. The van der Waals surface area contributed by atoms with Crippen LogP contribution in [0.2, 0.25) is 0 Å². The van der Waals surface area contributed by atoms with Crippen molar-refractivity contribution in [2.24, 2.45) is 0 Å². The molecule has 1 aliphatic heterocycles. The monoisotopic (exact) mass is 242 g/mol. The third kappa shape index (κ3) is 3.42. The standard InChI is InChI=1S/C13H26N2O2/c1-11(14(4)13(2,3)10-16)12(17)15-8-6-5-7-9-15/h11,16H,5-10H2,1-4H3. The fourth-order valence-electron chi connectivity index (χ4n) is 2.18. The molecule has 0 bridgehead atoms. The number of carbonyl (C=O) groups is 1. The van der Waals surface area contributed by atoms with Gasteiger partial charge in [0.1, 0.15) is 0 Å². The minimum absolute atomic E-state index is 0.0567. The molecule has 100 valence electrons. The summed E-state index contributed by atoms with van der Waals surface area (Å²) in [5, 5.41) is 9.34. The predicted octanol–water partition coefficient (Wildman–Crippen LogP) is 1.09. The van der Waals surface area contributed by atoms with Gasteiger partial charge >= 0.3 is 0 Å². The zero-order valence-corrected chi connectivity index (χ0v) is 11.6. The zero-order valence-electron chi connectivity index (χ0n) is 11.6. The number of hydrogen-bond acceptors (Lipinski definition) is 3. The topological polar surface area (TPSA) is 43.8 Å². The molecule has 0 aromatic heterocycles. The maximum Gasteiger partial charge on any atom is 0.239 e. The first-order valence-electron chi connectivity index (χ1n) is 6.53. The Morgan fingerprint density at radius 1 is 1.35 bits per heavy atom. The summed E-state index contributed by atoms with van der Waals surface area (Å²) in [4.78, 5) is 16.2. The van der Waals surface area contributed by atoms with Gasteiger partial charge in [-0.05, 0) is 47.1 Å². The molecule has 0 radical (unpaired) electrons. The number of aliphatic hydroxyl groups excluding tert-OH is 1. The van der Waals surface area contributed by atoms with Gasteiger partial charge in [0.25, 0.3) is 0 Å². The molecule has 1 aliphatic rings. The number of aliphatic hydroxyl groups is 1. The summed E-state index contributed by atoms with van der Waals surface area (Å²) in [6, 6.07) is -0.171. The Hall–Kier alpha value is -0.610. The van der Waals surface area contributed by atoms with Gasteiger partial charge in [0.2, 0.25) is 5.91 Å². The van der Waals surface area contributed by atoms with E-state index in [4.69, 9.17) is 0 Å². The van der Waals surface area contributed by atoms with Crippen LogP contribution in [0.15, 0.2) is 0 Å². The van der Waals surface area contributed by atoms with Crippen molar-refractivity contribution in [3.8, 4) is 0 Å². The molecule has 4 nitrogen and oxygen atoms in total. The fraction of sp³-hybridized carbons (Fsp3) is 0.923. The van der Waals surface area contributed by atoms with Gasteiger partial charge in [0.15, 0.2) is 0 Å². The number of likely N-dealkylation sites (tertiary alicyclic amines) is 1. The van der Waals surface area contributed by atoms with Gasteiger partial charge in [-0.1, -0.05) is 0 Å². The molecule has 1 rings (SSSR count). The summed E-state index contributed by atoms with van der Waals surface area (Å²) < 4.78 is 0. The highest BCUT2D eigenvalue weighted by atomic mass is 16.3. The first-order valence-corrected chi connectivity index (χ1v) is 6.53. The Labute approximate surface area is 105 Å². The maximum absolute atomic E-state index is 12.3. The third-order valence-electron chi connectivity index (χ3n) is 3.95. The molecular weight excluding hydrogens is 216 g/mol. The van der Waals surface area contributed by atoms with Gasteiger partial charge < -0.3 is 10.0 Å². The summed E-state index contributed by atoms with van der Waals surface area (Å²) in [5.74, 6) is 0.189. The van der Waals surface area contributed by atoms with E-state index in [0.717, 1.165) is 25.9 Å². The Kier molecular flexibility index (Phi) is 4.95. The molecule has 1 amide bonds. The number of rotatable bonds is 4. The second-order valence-corrected chi connectivity index (χ2v) is 5.64. The number of amides is 1. The molecule has 17 heavy (non-hydrogen) atoms. The largest absolute Gasteiger partial charge is 0.394 e. The second kappa shape index (κ2) is 5.83. The van der Waals surface area contributed by atoms with Gasteiger partial charge in [-0.3, -0.25) is 9.69 Å². The summed E-state index contributed by atoms with van der Waals surface area (Å²) in [5.41, 5.74) is -0.356.